The lowest BCUT2D eigenvalue weighted by molar-refractivity contribution is -0.131. The van der Waals surface area contributed by atoms with Crippen molar-refractivity contribution in [3.63, 3.8) is 0 Å². The van der Waals surface area contributed by atoms with Gasteiger partial charge >= 0.3 is 5.97 Å². The Kier molecular flexibility index (Phi) is 6.37. The lowest BCUT2D eigenvalue weighted by Gasteiger charge is -2.10. The SMILES string of the molecule is CCn1c(S/C(=C/c2cccs2)C(=O)O)nnc1-c1cc(OC)cc(OC)c1. The van der Waals surface area contributed by atoms with Gasteiger partial charge in [-0.1, -0.05) is 6.07 Å². The van der Waals surface area contributed by atoms with E-state index in [0.717, 1.165) is 22.2 Å². The fourth-order valence-electron chi connectivity index (χ4n) is 2.54. The smallest absolute Gasteiger partial charge is 0.342 e. The summed E-state index contributed by atoms with van der Waals surface area (Å²) in [5.74, 6) is 0.882. The normalized spacial score (nSPS) is 11.5. The first-order chi connectivity index (χ1) is 13.5. The molecule has 0 aliphatic rings. The molecule has 7 nitrogen and oxygen atoms in total. The number of rotatable bonds is 8. The Balaban J connectivity index is 1.99. The van der Waals surface area contributed by atoms with Crippen LogP contribution < -0.4 is 9.47 Å². The molecule has 146 valence electrons. The highest BCUT2D eigenvalue weighted by Crippen LogP contribution is 2.33. The lowest BCUT2D eigenvalue weighted by Crippen LogP contribution is -2.03. The van der Waals surface area contributed by atoms with E-state index in [1.54, 1.807) is 26.4 Å². The van der Waals surface area contributed by atoms with Crippen LogP contribution in [0.4, 0.5) is 0 Å². The summed E-state index contributed by atoms with van der Waals surface area (Å²) in [7, 11) is 3.16. The Morgan fingerprint density at radius 2 is 1.96 bits per heavy atom. The number of benzene rings is 1. The van der Waals surface area contributed by atoms with Crippen molar-refractivity contribution in [3.8, 4) is 22.9 Å². The van der Waals surface area contributed by atoms with E-state index >= 15 is 0 Å². The van der Waals surface area contributed by atoms with Gasteiger partial charge in [0.15, 0.2) is 11.0 Å². The zero-order valence-corrected chi connectivity index (χ0v) is 17.2. The molecule has 3 rings (SSSR count). The third kappa shape index (κ3) is 4.37. The van der Waals surface area contributed by atoms with Crippen LogP contribution in [-0.4, -0.2) is 40.1 Å². The minimum absolute atomic E-state index is 0.180. The van der Waals surface area contributed by atoms with Crippen LogP contribution in [0.1, 0.15) is 11.8 Å². The zero-order valence-electron chi connectivity index (χ0n) is 15.6. The van der Waals surface area contributed by atoms with E-state index in [1.807, 2.05) is 41.1 Å². The number of aliphatic carboxylic acids is 1. The highest BCUT2D eigenvalue weighted by atomic mass is 32.2. The second kappa shape index (κ2) is 8.94. The van der Waals surface area contributed by atoms with E-state index in [9.17, 15) is 9.90 Å². The molecule has 0 fully saturated rings. The van der Waals surface area contributed by atoms with Crippen molar-refractivity contribution >= 4 is 35.1 Å². The summed E-state index contributed by atoms with van der Waals surface area (Å²) >= 11 is 2.55. The Bertz CT molecular complexity index is 975. The molecular formula is C19H19N3O4S2. The van der Waals surface area contributed by atoms with Crippen molar-refractivity contribution in [2.75, 3.05) is 14.2 Å². The van der Waals surface area contributed by atoms with Gasteiger partial charge in [0.05, 0.1) is 14.2 Å². The van der Waals surface area contributed by atoms with Crippen LogP contribution in [0.25, 0.3) is 17.5 Å². The summed E-state index contributed by atoms with van der Waals surface area (Å²) in [5, 5.41) is 20.5. The van der Waals surface area contributed by atoms with Crippen molar-refractivity contribution in [2.45, 2.75) is 18.6 Å². The quantitative estimate of drug-likeness (QED) is 0.433. The number of thiophene rings is 1. The average Bonchev–Trinajstić information content (AvgIpc) is 3.36. The second-order valence-electron chi connectivity index (χ2n) is 5.58. The first-order valence-electron chi connectivity index (χ1n) is 8.38. The number of hydrogen-bond acceptors (Lipinski definition) is 7. The number of aromatic nitrogens is 3. The summed E-state index contributed by atoms with van der Waals surface area (Å²) < 4.78 is 12.5. The van der Waals surface area contributed by atoms with Gasteiger partial charge in [-0.25, -0.2) is 4.79 Å². The Hall–Kier alpha value is -2.78. The standard InChI is InChI=1S/C19H19N3O4S2/c1-4-22-17(12-8-13(25-2)10-14(9-12)26-3)20-21-19(22)28-16(18(23)24)11-15-6-5-7-27-15/h5-11H,4H2,1-3H3,(H,23,24)/b16-11+. The molecule has 9 heteroatoms. The fourth-order valence-corrected chi connectivity index (χ4v) is 4.14. The monoisotopic (exact) mass is 417 g/mol. The highest BCUT2D eigenvalue weighted by Gasteiger charge is 2.19. The molecule has 2 heterocycles. The molecule has 3 aromatic rings. The van der Waals surface area contributed by atoms with Crippen molar-refractivity contribution in [2.24, 2.45) is 0 Å². The molecule has 2 aromatic heterocycles. The van der Waals surface area contributed by atoms with Crippen molar-refractivity contribution < 1.29 is 19.4 Å². The lowest BCUT2D eigenvalue weighted by atomic mass is 10.2. The van der Waals surface area contributed by atoms with Gasteiger partial charge in [-0.3, -0.25) is 0 Å². The van der Waals surface area contributed by atoms with Gasteiger partial charge in [0.1, 0.15) is 16.4 Å². The molecule has 0 spiro atoms. The number of carboxylic acid groups (broad SMARTS) is 1. The summed E-state index contributed by atoms with van der Waals surface area (Å²) in [6.45, 7) is 2.54. The van der Waals surface area contributed by atoms with Crippen LogP contribution >= 0.6 is 23.1 Å². The third-order valence-electron chi connectivity index (χ3n) is 3.87. The zero-order chi connectivity index (χ0) is 20.1. The maximum Gasteiger partial charge on any atom is 0.342 e. The van der Waals surface area contributed by atoms with Crippen LogP contribution in [0.5, 0.6) is 11.5 Å². The van der Waals surface area contributed by atoms with E-state index in [2.05, 4.69) is 10.2 Å². The molecule has 0 aliphatic heterocycles. The minimum Gasteiger partial charge on any atom is -0.497 e. The molecule has 0 bridgehead atoms. The van der Waals surface area contributed by atoms with Crippen molar-refractivity contribution in [1.29, 1.82) is 0 Å². The summed E-state index contributed by atoms with van der Waals surface area (Å²) in [6, 6.07) is 9.20. The van der Waals surface area contributed by atoms with Gasteiger partial charge < -0.3 is 19.1 Å². The largest absolute Gasteiger partial charge is 0.497 e. The molecule has 0 aliphatic carbocycles. The first kappa shape index (κ1) is 20.0. The molecular weight excluding hydrogens is 398 g/mol. The predicted molar refractivity (Wildman–Crippen MR) is 110 cm³/mol. The Morgan fingerprint density at radius 3 is 2.50 bits per heavy atom. The number of methoxy groups -OCH3 is 2. The fraction of sp³-hybridized carbons (Fsp3) is 0.211. The number of carboxylic acids is 1. The maximum atomic E-state index is 11.7. The van der Waals surface area contributed by atoms with E-state index in [4.69, 9.17) is 9.47 Å². The van der Waals surface area contributed by atoms with Gasteiger partial charge in [-0.2, -0.15) is 0 Å². The molecule has 0 unspecified atom stereocenters. The van der Waals surface area contributed by atoms with Gasteiger partial charge in [0.25, 0.3) is 0 Å². The Morgan fingerprint density at radius 1 is 1.25 bits per heavy atom. The predicted octanol–water partition coefficient (Wildman–Crippen LogP) is 4.26. The number of nitrogens with zero attached hydrogens (tertiary/aromatic N) is 3. The van der Waals surface area contributed by atoms with Crippen molar-refractivity contribution in [3.05, 3.63) is 45.5 Å². The van der Waals surface area contributed by atoms with Gasteiger partial charge in [-0.15, -0.1) is 21.5 Å². The molecule has 1 N–H and O–H groups in total. The second-order valence-corrected chi connectivity index (χ2v) is 7.57. The number of ether oxygens (including phenoxy) is 2. The average molecular weight is 418 g/mol. The number of thioether (sulfide) groups is 1. The van der Waals surface area contributed by atoms with Crippen LogP contribution in [0, 0.1) is 0 Å². The molecule has 0 saturated heterocycles. The Labute approximate surface area is 170 Å². The van der Waals surface area contributed by atoms with Crippen LogP contribution in [-0.2, 0) is 11.3 Å². The molecule has 0 saturated carbocycles. The molecule has 28 heavy (non-hydrogen) atoms. The summed E-state index contributed by atoms with van der Waals surface area (Å²) in [5.41, 5.74) is 0.775. The van der Waals surface area contributed by atoms with Gasteiger partial charge in [-0.05, 0) is 48.3 Å². The van der Waals surface area contributed by atoms with Gasteiger partial charge in [0, 0.05) is 23.1 Å². The van der Waals surface area contributed by atoms with E-state index in [-0.39, 0.29) is 4.91 Å². The topological polar surface area (TPSA) is 86.5 Å². The molecule has 0 radical (unpaired) electrons. The molecule has 0 atom stereocenters. The van der Waals surface area contributed by atoms with E-state index in [1.165, 1.54) is 11.3 Å². The summed E-state index contributed by atoms with van der Waals surface area (Å²) in [4.78, 5) is 12.7. The first-order valence-corrected chi connectivity index (χ1v) is 10.1. The summed E-state index contributed by atoms with van der Waals surface area (Å²) in [6.07, 6.45) is 1.64. The third-order valence-corrected chi connectivity index (χ3v) is 5.69. The van der Waals surface area contributed by atoms with Crippen LogP contribution in [0.15, 0.2) is 45.8 Å². The van der Waals surface area contributed by atoms with Crippen LogP contribution in [0.2, 0.25) is 0 Å². The number of hydrogen-bond donors (Lipinski definition) is 1. The van der Waals surface area contributed by atoms with Gasteiger partial charge in [0.2, 0.25) is 0 Å². The molecule has 1 aromatic carbocycles. The van der Waals surface area contributed by atoms with E-state index < -0.39 is 5.97 Å². The molecule has 0 amide bonds. The van der Waals surface area contributed by atoms with E-state index in [0.29, 0.717) is 29.0 Å². The highest BCUT2D eigenvalue weighted by molar-refractivity contribution is 8.04. The van der Waals surface area contributed by atoms with Crippen LogP contribution in [0.3, 0.4) is 0 Å². The number of carbonyl (C=O) groups is 1. The maximum absolute atomic E-state index is 11.7. The minimum atomic E-state index is -1.01. The van der Waals surface area contributed by atoms with Crippen molar-refractivity contribution in [1.82, 2.24) is 14.8 Å².